The first-order valence-corrected chi connectivity index (χ1v) is 24.3. The third kappa shape index (κ3) is 6.23. The van der Waals surface area contributed by atoms with Crippen molar-refractivity contribution in [1.82, 2.24) is 0 Å². The Morgan fingerprint density at radius 3 is 1.66 bits per heavy atom. The van der Waals surface area contributed by atoms with Gasteiger partial charge in [0.25, 0.3) is 0 Å². The quantitative estimate of drug-likeness (QED) is 0.165. The van der Waals surface area contributed by atoms with E-state index in [9.17, 15) is 0 Å². The zero-order valence-corrected chi connectivity index (χ0v) is 40.4. The first-order valence-electron chi connectivity index (χ1n) is 24.3. The average molecular weight is 880 g/mol. The zero-order chi connectivity index (χ0) is 46.7. The van der Waals surface area contributed by atoms with Crippen molar-refractivity contribution in [2.75, 3.05) is 4.90 Å². The molecule has 2 aliphatic rings. The van der Waals surface area contributed by atoms with E-state index in [1.807, 2.05) is 0 Å². The largest absolute Gasteiger partial charge is 0.456 e. The predicted octanol–water partition coefficient (Wildman–Crippen LogP) is 18.0. The molecular weight excluding hydrogens is 823 g/mol. The van der Waals surface area contributed by atoms with Crippen LogP contribution in [-0.2, 0) is 21.7 Å². The molecule has 10 aromatic rings. The molecule has 2 nitrogen and oxygen atoms in total. The summed E-state index contributed by atoms with van der Waals surface area (Å²) in [6.07, 6.45) is 0. The van der Waals surface area contributed by atoms with Crippen LogP contribution in [0.5, 0.6) is 0 Å². The Morgan fingerprint density at radius 1 is 0.426 bits per heavy atom. The molecule has 0 saturated heterocycles. The van der Waals surface area contributed by atoms with E-state index in [0.717, 1.165) is 28.2 Å². The van der Waals surface area contributed by atoms with Gasteiger partial charge in [-0.25, -0.2) is 0 Å². The number of anilines is 3. The minimum absolute atomic E-state index is 0.0348. The molecule has 1 heterocycles. The van der Waals surface area contributed by atoms with Crippen molar-refractivity contribution in [2.24, 2.45) is 0 Å². The molecule has 332 valence electrons. The molecule has 0 N–H and O–H groups in total. The molecule has 0 aliphatic heterocycles. The van der Waals surface area contributed by atoms with Crippen molar-refractivity contribution in [3.05, 3.63) is 245 Å². The molecule has 2 heteroatoms. The second kappa shape index (κ2) is 15.0. The SMILES string of the molecule is CC(C)(C)c1cc(C(C)(C)C)c2oc3ccc4c(c3c2c1)-c1cc(N(c2ccc(-c3ccccc3)cc2)c2cccc(C3(c5ccccc5)c5ccccc5-c5ccccc53)c2)ccc1C4(C)C. The van der Waals surface area contributed by atoms with Crippen LogP contribution in [0.15, 0.2) is 205 Å². The first kappa shape index (κ1) is 42.0. The van der Waals surface area contributed by atoms with Crippen molar-refractivity contribution in [3.8, 4) is 33.4 Å². The van der Waals surface area contributed by atoms with Gasteiger partial charge in [-0.15, -0.1) is 0 Å². The van der Waals surface area contributed by atoms with Gasteiger partial charge >= 0.3 is 0 Å². The Balaban J connectivity index is 1.11. The first-order chi connectivity index (χ1) is 32.7. The molecule has 0 radical (unpaired) electrons. The van der Waals surface area contributed by atoms with Crippen LogP contribution in [0.1, 0.15) is 99.9 Å². The minimum atomic E-state index is -0.528. The summed E-state index contributed by atoms with van der Waals surface area (Å²) in [4.78, 5) is 2.47. The summed E-state index contributed by atoms with van der Waals surface area (Å²) in [5, 5.41) is 2.41. The topological polar surface area (TPSA) is 16.4 Å². The standard InChI is InChI=1S/C66H57NO/c1-63(2,3)46-39-53-61-59(68-62(53)58(40-46)64(4,5)6)37-36-57-60(61)52-41-49(34-35-54(52)65(57,7)8)67(47-32-30-43(31-33-47)42-20-11-9-12-21-42)48-25-19-24-45(38-48)66(44-22-13-10-14-23-44)55-28-17-15-26-50(55)51-27-16-18-29-56(51)66/h9-41H,1-8H3. The van der Waals surface area contributed by atoms with E-state index < -0.39 is 5.41 Å². The highest BCUT2D eigenvalue weighted by Crippen LogP contribution is 2.58. The van der Waals surface area contributed by atoms with E-state index >= 15 is 0 Å². The van der Waals surface area contributed by atoms with Gasteiger partial charge in [0.15, 0.2) is 0 Å². The van der Waals surface area contributed by atoms with Gasteiger partial charge in [-0.05, 0) is 132 Å². The number of furan rings is 1. The van der Waals surface area contributed by atoms with Crippen molar-refractivity contribution >= 4 is 39.0 Å². The van der Waals surface area contributed by atoms with E-state index in [-0.39, 0.29) is 16.2 Å². The summed E-state index contributed by atoms with van der Waals surface area (Å²) in [6.45, 7) is 18.6. The summed E-state index contributed by atoms with van der Waals surface area (Å²) in [5.41, 5.74) is 22.2. The Kier molecular flexibility index (Phi) is 9.29. The molecular formula is C66H57NO. The third-order valence-corrected chi connectivity index (χ3v) is 15.2. The van der Waals surface area contributed by atoms with Gasteiger partial charge in [0.05, 0.1) is 5.41 Å². The molecule has 12 rings (SSSR count). The van der Waals surface area contributed by atoms with Crippen LogP contribution in [0, 0.1) is 0 Å². The Labute approximate surface area is 401 Å². The van der Waals surface area contributed by atoms with Crippen molar-refractivity contribution < 1.29 is 4.42 Å². The van der Waals surface area contributed by atoms with E-state index in [1.54, 1.807) is 0 Å². The van der Waals surface area contributed by atoms with E-state index in [0.29, 0.717) is 0 Å². The van der Waals surface area contributed by atoms with Gasteiger partial charge in [0.2, 0.25) is 0 Å². The monoisotopic (exact) mass is 879 g/mol. The van der Waals surface area contributed by atoms with Crippen LogP contribution < -0.4 is 4.90 Å². The maximum atomic E-state index is 7.00. The van der Waals surface area contributed by atoms with Gasteiger partial charge in [0, 0.05) is 38.8 Å². The van der Waals surface area contributed by atoms with E-state index in [2.05, 4.69) is 260 Å². The van der Waals surface area contributed by atoms with Crippen LogP contribution in [0.4, 0.5) is 17.1 Å². The average Bonchev–Trinajstić information content (AvgIpc) is 3.95. The van der Waals surface area contributed by atoms with Gasteiger partial charge in [-0.1, -0.05) is 207 Å². The van der Waals surface area contributed by atoms with Crippen LogP contribution in [0.2, 0.25) is 0 Å². The fraction of sp³-hybridized carbons (Fsp3) is 0.182. The molecule has 0 saturated carbocycles. The molecule has 1 aromatic heterocycles. The lowest BCUT2D eigenvalue weighted by Gasteiger charge is -2.35. The summed E-state index contributed by atoms with van der Waals surface area (Å²) >= 11 is 0. The second-order valence-electron chi connectivity index (χ2n) is 21.7. The van der Waals surface area contributed by atoms with Gasteiger partial charge in [-0.2, -0.15) is 0 Å². The van der Waals surface area contributed by atoms with Crippen molar-refractivity contribution in [3.63, 3.8) is 0 Å². The van der Waals surface area contributed by atoms with Crippen LogP contribution in [0.25, 0.3) is 55.3 Å². The fourth-order valence-corrected chi connectivity index (χ4v) is 11.8. The number of rotatable bonds is 6. The molecule has 0 unspecified atom stereocenters. The predicted molar refractivity (Wildman–Crippen MR) is 286 cm³/mol. The summed E-state index contributed by atoms with van der Waals surface area (Å²) < 4.78 is 7.00. The summed E-state index contributed by atoms with van der Waals surface area (Å²) in [5.74, 6) is 0. The van der Waals surface area contributed by atoms with E-state index in [4.69, 9.17) is 4.42 Å². The smallest absolute Gasteiger partial charge is 0.139 e. The Morgan fingerprint density at radius 2 is 1.00 bits per heavy atom. The maximum absolute atomic E-state index is 7.00. The number of nitrogens with zero attached hydrogens (tertiary/aromatic N) is 1. The van der Waals surface area contributed by atoms with Crippen LogP contribution >= 0.6 is 0 Å². The van der Waals surface area contributed by atoms with Crippen molar-refractivity contribution in [2.45, 2.75) is 77.0 Å². The van der Waals surface area contributed by atoms with E-state index in [1.165, 1.54) is 88.7 Å². The number of benzene rings is 9. The number of hydrogen-bond acceptors (Lipinski definition) is 2. The highest BCUT2D eigenvalue weighted by molar-refractivity contribution is 6.16. The summed E-state index contributed by atoms with van der Waals surface area (Å²) in [6, 6.07) is 74.8. The molecule has 0 atom stereocenters. The highest BCUT2D eigenvalue weighted by atomic mass is 16.3. The molecule has 0 bridgehead atoms. The van der Waals surface area contributed by atoms with Gasteiger partial charge in [-0.3, -0.25) is 0 Å². The molecule has 9 aromatic carbocycles. The third-order valence-electron chi connectivity index (χ3n) is 15.2. The maximum Gasteiger partial charge on any atom is 0.139 e. The molecule has 0 amide bonds. The lowest BCUT2D eigenvalue weighted by molar-refractivity contribution is 0.559. The molecule has 68 heavy (non-hydrogen) atoms. The molecule has 0 spiro atoms. The molecule has 2 aliphatic carbocycles. The lowest BCUT2D eigenvalue weighted by Crippen LogP contribution is -2.28. The Hall–Kier alpha value is -7.42. The second-order valence-corrected chi connectivity index (χ2v) is 21.7. The Bertz CT molecular complexity index is 3550. The van der Waals surface area contributed by atoms with Gasteiger partial charge < -0.3 is 9.32 Å². The van der Waals surface area contributed by atoms with Crippen LogP contribution in [0.3, 0.4) is 0 Å². The van der Waals surface area contributed by atoms with Crippen molar-refractivity contribution in [1.29, 1.82) is 0 Å². The number of hydrogen-bond donors (Lipinski definition) is 0. The van der Waals surface area contributed by atoms with Gasteiger partial charge in [0.1, 0.15) is 11.2 Å². The zero-order valence-electron chi connectivity index (χ0n) is 40.4. The fourth-order valence-electron chi connectivity index (χ4n) is 11.8. The normalized spacial score (nSPS) is 14.4. The highest BCUT2D eigenvalue weighted by Gasteiger charge is 2.46. The minimum Gasteiger partial charge on any atom is -0.456 e. The van der Waals surface area contributed by atoms with Crippen LogP contribution in [-0.4, -0.2) is 0 Å². The molecule has 0 fully saturated rings. The lowest BCUT2D eigenvalue weighted by atomic mass is 9.67. The number of fused-ring (bicyclic) bond motifs is 10. The summed E-state index contributed by atoms with van der Waals surface area (Å²) in [7, 11) is 0.